The highest BCUT2D eigenvalue weighted by atomic mass is 16.1. The van der Waals surface area contributed by atoms with Crippen molar-refractivity contribution < 1.29 is 4.79 Å². The summed E-state index contributed by atoms with van der Waals surface area (Å²) in [6.45, 7) is 6.56. The van der Waals surface area contributed by atoms with Crippen LogP contribution in [0.2, 0.25) is 0 Å². The molecular weight excluding hydrogens is 160 g/mol. The van der Waals surface area contributed by atoms with Crippen molar-refractivity contribution in [3.8, 4) is 0 Å². The average molecular weight is 180 g/mol. The average Bonchev–Trinajstić information content (AvgIpc) is 2.17. The van der Waals surface area contributed by atoms with Crippen molar-refractivity contribution in [2.45, 2.75) is 40.0 Å². The molecule has 0 saturated carbocycles. The van der Waals surface area contributed by atoms with Crippen LogP contribution in [0.4, 0.5) is 0 Å². The molecule has 2 atom stereocenters. The Morgan fingerprint density at radius 1 is 1.46 bits per heavy atom. The van der Waals surface area contributed by atoms with E-state index in [1.54, 1.807) is 0 Å². The molecule has 1 heteroatoms. The van der Waals surface area contributed by atoms with E-state index < -0.39 is 0 Å². The van der Waals surface area contributed by atoms with Gasteiger partial charge in [-0.3, -0.25) is 0 Å². The number of carbonyl (C=O) groups is 1. The molecule has 0 bridgehead atoms. The number of hydrogen-bond donors (Lipinski definition) is 0. The predicted molar refractivity (Wildman–Crippen MR) is 55.5 cm³/mol. The van der Waals surface area contributed by atoms with Crippen LogP contribution in [0.3, 0.4) is 0 Å². The first-order valence-corrected chi connectivity index (χ1v) is 5.29. The standard InChI is InChI=1S/C12H20O/c1-9(2)11-4-6-12(7-5-11)10(3)8-13/h6,8-11H,4-5,7H2,1-3H3. The third kappa shape index (κ3) is 2.68. The van der Waals surface area contributed by atoms with Crippen molar-refractivity contribution in [1.82, 2.24) is 0 Å². The number of aldehydes is 1. The number of carbonyl (C=O) groups excluding carboxylic acids is 1. The summed E-state index contributed by atoms with van der Waals surface area (Å²) in [6.07, 6.45) is 6.91. The van der Waals surface area contributed by atoms with Crippen molar-refractivity contribution >= 4 is 6.29 Å². The number of hydrogen-bond acceptors (Lipinski definition) is 1. The van der Waals surface area contributed by atoms with E-state index in [0.29, 0.717) is 0 Å². The molecule has 13 heavy (non-hydrogen) atoms. The first kappa shape index (κ1) is 10.5. The van der Waals surface area contributed by atoms with Gasteiger partial charge in [-0.15, -0.1) is 0 Å². The van der Waals surface area contributed by atoms with Gasteiger partial charge in [-0.05, 0) is 31.1 Å². The summed E-state index contributed by atoms with van der Waals surface area (Å²) in [5.74, 6) is 1.76. The monoisotopic (exact) mass is 180 g/mol. The Morgan fingerprint density at radius 2 is 2.15 bits per heavy atom. The van der Waals surface area contributed by atoms with Crippen LogP contribution in [0.5, 0.6) is 0 Å². The van der Waals surface area contributed by atoms with Crippen molar-refractivity contribution in [3.63, 3.8) is 0 Å². The van der Waals surface area contributed by atoms with E-state index in [-0.39, 0.29) is 5.92 Å². The Kier molecular flexibility index (Phi) is 3.71. The molecule has 0 fully saturated rings. The molecule has 0 saturated heterocycles. The normalized spacial score (nSPS) is 25.5. The van der Waals surface area contributed by atoms with Crippen LogP contribution in [0, 0.1) is 17.8 Å². The van der Waals surface area contributed by atoms with Gasteiger partial charge < -0.3 is 4.79 Å². The summed E-state index contributed by atoms with van der Waals surface area (Å²) in [7, 11) is 0. The Morgan fingerprint density at radius 3 is 2.54 bits per heavy atom. The summed E-state index contributed by atoms with van der Waals surface area (Å²) in [5.41, 5.74) is 1.35. The Labute approximate surface area is 81.2 Å². The minimum absolute atomic E-state index is 0.146. The van der Waals surface area contributed by atoms with Crippen LogP contribution in [0.1, 0.15) is 40.0 Å². The van der Waals surface area contributed by atoms with Gasteiger partial charge in [0.1, 0.15) is 6.29 Å². The maximum Gasteiger partial charge on any atom is 0.126 e. The second-order valence-corrected chi connectivity index (χ2v) is 4.48. The first-order valence-electron chi connectivity index (χ1n) is 5.29. The van der Waals surface area contributed by atoms with E-state index in [2.05, 4.69) is 19.9 Å². The lowest BCUT2D eigenvalue weighted by Gasteiger charge is -2.26. The van der Waals surface area contributed by atoms with Gasteiger partial charge in [0.2, 0.25) is 0 Å². The molecule has 0 heterocycles. The molecule has 1 rings (SSSR count). The van der Waals surface area contributed by atoms with E-state index >= 15 is 0 Å². The van der Waals surface area contributed by atoms with Crippen molar-refractivity contribution in [2.24, 2.45) is 17.8 Å². The highest BCUT2D eigenvalue weighted by molar-refractivity contribution is 5.58. The SMILES string of the molecule is CC(C=O)C1=CCC(C(C)C)CC1. The first-order chi connectivity index (χ1) is 6.15. The van der Waals surface area contributed by atoms with Crippen molar-refractivity contribution in [3.05, 3.63) is 11.6 Å². The lowest BCUT2D eigenvalue weighted by Crippen LogP contribution is -2.14. The number of rotatable bonds is 3. The van der Waals surface area contributed by atoms with Gasteiger partial charge in [-0.1, -0.05) is 32.4 Å². The molecule has 0 spiro atoms. The fourth-order valence-electron chi connectivity index (χ4n) is 1.98. The number of allylic oxidation sites excluding steroid dienone is 2. The largest absolute Gasteiger partial charge is 0.303 e. The summed E-state index contributed by atoms with van der Waals surface area (Å²) < 4.78 is 0. The summed E-state index contributed by atoms with van der Waals surface area (Å²) in [4.78, 5) is 10.6. The van der Waals surface area contributed by atoms with E-state index in [9.17, 15) is 4.79 Å². The molecule has 2 unspecified atom stereocenters. The fourth-order valence-corrected chi connectivity index (χ4v) is 1.98. The van der Waals surface area contributed by atoms with E-state index in [4.69, 9.17) is 0 Å². The molecular formula is C12H20O. The second kappa shape index (κ2) is 4.59. The molecule has 0 aromatic rings. The zero-order chi connectivity index (χ0) is 9.84. The third-order valence-corrected chi connectivity index (χ3v) is 3.22. The van der Waals surface area contributed by atoms with Gasteiger partial charge in [0.05, 0.1) is 0 Å². The molecule has 1 aliphatic carbocycles. The Bertz CT molecular complexity index is 203. The molecule has 74 valence electrons. The molecule has 0 aromatic heterocycles. The van der Waals surface area contributed by atoms with Gasteiger partial charge in [-0.25, -0.2) is 0 Å². The van der Waals surface area contributed by atoms with Crippen molar-refractivity contribution in [2.75, 3.05) is 0 Å². The molecule has 0 amide bonds. The van der Waals surface area contributed by atoms with Crippen LogP contribution in [0.25, 0.3) is 0 Å². The van der Waals surface area contributed by atoms with Gasteiger partial charge in [0, 0.05) is 5.92 Å². The lowest BCUT2D eigenvalue weighted by atomic mass is 9.80. The van der Waals surface area contributed by atoms with Gasteiger partial charge in [0.25, 0.3) is 0 Å². The molecule has 1 nitrogen and oxygen atoms in total. The van der Waals surface area contributed by atoms with Crippen LogP contribution in [0.15, 0.2) is 11.6 Å². The summed E-state index contributed by atoms with van der Waals surface area (Å²) >= 11 is 0. The second-order valence-electron chi connectivity index (χ2n) is 4.48. The predicted octanol–water partition coefficient (Wildman–Crippen LogP) is 3.20. The Balaban J connectivity index is 2.52. The topological polar surface area (TPSA) is 17.1 Å². The fraction of sp³-hybridized carbons (Fsp3) is 0.750. The lowest BCUT2D eigenvalue weighted by molar-refractivity contribution is -0.109. The Hall–Kier alpha value is -0.590. The third-order valence-electron chi connectivity index (χ3n) is 3.22. The minimum Gasteiger partial charge on any atom is -0.303 e. The van der Waals surface area contributed by atoms with E-state index in [1.165, 1.54) is 18.4 Å². The maximum atomic E-state index is 10.6. The zero-order valence-electron chi connectivity index (χ0n) is 8.92. The van der Waals surface area contributed by atoms with Crippen LogP contribution < -0.4 is 0 Å². The maximum absolute atomic E-state index is 10.6. The molecule has 0 N–H and O–H groups in total. The molecule has 0 aromatic carbocycles. The van der Waals surface area contributed by atoms with Gasteiger partial charge in [-0.2, -0.15) is 0 Å². The van der Waals surface area contributed by atoms with Crippen LogP contribution >= 0.6 is 0 Å². The van der Waals surface area contributed by atoms with Crippen LogP contribution in [-0.2, 0) is 4.79 Å². The van der Waals surface area contributed by atoms with Gasteiger partial charge in [0.15, 0.2) is 0 Å². The minimum atomic E-state index is 0.146. The smallest absolute Gasteiger partial charge is 0.126 e. The molecule has 0 radical (unpaired) electrons. The van der Waals surface area contributed by atoms with E-state index in [0.717, 1.165) is 24.5 Å². The summed E-state index contributed by atoms with van der Waals surface area (Å²) in [6, 6.07) is 0. The van der Waals surface area contributed by atoms with Gasteiger partial charge >= 0.3 is 0 Å². The van der Waals surface area contributed by atoms with Crippen molar-refractivity contribution in [1.29, 1.82) is 0 Å². The zero-order valence-corrected chi connectivity index (χ0v) is 8.92. The van der Waals surface area contributed by atoms with Crippen LogP contribution in [-0.4, -0.2) is 6.29 Å². The highest BCUT2D eigenvalue weighted by Crippen LogP contribution is 2.31. The molecule has 1 aliphatic rings. The summed E-state index contributed by atoms with van der Waals surface area (Å²) in [5, 5.41) is 0. The molecule has 0 aliphatic heterocycles. The highest BCUT2D eigenvalue weighted by Gasteiger charge is 2.19. The quantitative estimate of drug-likeness (QED) is 0.481. The van der Waals surface area contributed by atoms with E-state index in [1.807, 2.05) is 6.92 Å².